The van der Waals surface area contributed by atoms with Gasteiger partial charge in [0.2, 0.25) is 5.82 Å². The lowest BCUT2D eigenvalue weighted by Crippen LogP contribution is -2.23. The largest absolute Gasteiger partial charge is 0.445 e. The number of rotatable bonds is 7. The standard InChI is InChI=1S/C16H20BrFN6O5S/c1-9(2)28-16(25)24-30(3,27)7-6-19-14-13(22-29-23-14)15(21-26)20-10-4-5-12(18)11(17)8-10/h4-5,8-9,26H,6-7H2,1-3H3,(H,19,23)(H,20,21). The van der Waals surface area contributed by atoms with Gasteiger partial charge in [-0.05, 0) is 58.3 Å². The molecule has 1 unspecified atom stereocenters. The van der Waals surface area contributed by atoms with E-state index in [1.165, 1.54) is 24.5 Å². The number of carbonyl (C=O) groups excluding carboxylic acids is 1. The highest BCUT2D eigenvalue weighted by atomic mass is 79.9. The molecule has 0 bridgehead atoms. The number of hydrogen-bond acceptors (Lipinski definition) is 9. The minimum absolute atomic E-state index is 0.00354. The maximum absolute atomic E-state index is 13.4. The molecule has 14 heteroatoms. The van der Waals surface area contributed by atoms with Gasteiger partial charge in [0.25, 0.3) is 0 Å². The summed E-state index contributed by atoms with van der Waals surface area (Å²) < 4.78 is 39.0. The molecule has 0 saturated heterocycles. The van der Waals surface area contributed by atoms with Crippen LogP contribution in [-0.2, 0) is 14.5 Å². The average Bonchev–Trinajstić information content (AvgIpc) is 3.09. The minimum atomic E-state index is -2.85. The van der Waals surface area contributed by atoms with E-state index >= 15 is 0 Å². The molecule has 1 heterocycles. The molecule has 0 fully saturated rings. The van der Waals surface area contributed by atoms with Gasteiger partial charge in [0.1, 0.15) is 5.82 Å². The van der Waals surface area contributed by atoms with E-state index in [1.807, 2.05) is 5.48 Å². The van der Waals surface area contributed by atoms with Gasteiger partial charge in [0, 0.05) is 18.6 Å². The summed E-state index contributed by atoms with van der Waals surface area (Å²) in [4.78, 5) is 15.7. The molecule has 1 aromatic carbocycles. The fourth-order valence-corrected chi connectivity index (χ4v) is 3.36. The molecule has 3 N–H and O–H groups in total. The van der Waals surface area contributed by atoms with Crippen LogP contribution in [0.4, 0.5) is 20.7 Å². The van der Waals surface area contributed by atoms with Crippen molar-refractivity contribution in [1.29, 1.82) is 0 Å². The second-order valence-electron chi connectivity index (χ2n) is 6.25. The lowest BCUT2D eigenvalue weighted by Gasteiger charge is -2.08. The van der Waals surface area contributed by atoms with Crippen LogP contribution < -0.4 is 10.8 Å². The van der Waals surface area contributed by atoms with Crippen molar-refractivity contribution >= 4 is 49.1 Å². The number of halogens is 2. The first kappa shape index (κ1) is 23.7. The van der Waals surface area contributed by atoms with Crippen molar-refractivity contribution in [2.75, 3.05) is 23.9 Å². The zero-order chi connectivity index (χ0) is 22.3. The first-order chi connectivity index (χ1) is 14.1. The Morgan fingerprint density at radius 1 is 1.43 bits per heavy atom. The van der Waals surface area contributed by atoms with Gasteiger partial charge < -0.3 is 10.1 Å². The molecular formula is C16H20BrFN6O5S. The first-order valence-electron chi connectivity index (χ1n) is 8.52. The summed E-state index contributed by atoms with van der Waals surface area (Å²) >= 11 is 3.05. The average molecular weight is 507 g/mol. The Hall–Kier alpha value is -2.58. The van der Waals surface area contributed by atoms with Crippen LogP contribution >= 0.6 is 15.9 Å². The molecule has 0 aliphatic rings. The van der Waals surface area contributed by atoms with Gasteiger partial charge in [0.05, 0.1) is 26.0 Å². The molecule has 0 saturated carbocycles. The van der Waals surface area contributed by atoms with Gasteiger partial charge in [-0.1, -0.05) is 0 Å². The summed E-state index contributed by atoms with van der Waals surface area (Å²) in [5.74, 6) is -0.504. The molecule has 0 spiro atoms. The van der Waals surface area contributed by atoms with Crippen molar-refractivity contribution < 1.29 is 28.0 Å². The summed E-state index contributed by atoms with van der Waals surface area (Å²) in [7, 11) is -2.85. The molecule has 2 rings (SSSR count). The third-order valence-electron chi connectivity index (χ3n) is 3.34. The van der Waals surface area contributed by atoms with E-state index in [2.05, 4.69) is 45.5 Å². The molecule has 0 aliphatic heterocycles. The van der Waals surface area contributed by atoms with Crippen molar-refractivity contribution in [3.8, 4) is 0 Å². The Morgan fingerprint density at radius 3 is 2.80 bits per heavy atom. The van der Waals surface area contributed by atoms with Crippen LogP contribution in [0.2, 0.25) is 0 Å². The second-order valence-corrected chi connectivity index (χ2v) is 9.61. The van der Waals surface area contributed by atoms with E-state index in [0.29, 0.717) is 5.69 Å². The fraction of sp³-hybridized carbons (Fsp3) is 0.375. The molecule has 1 atom stereocenters. The third kappa shape index (κ3) is 7.03. The number of hydroxylamine groups is 1. The zero-order valence-corrected chi connectivity index (χ0v) is 18.7. The normalized spacial score (nSPS) is 13.6. The van der Waals surface area contributed by atoms with Gasteiger partial charge in [-0.15, -0.1) is 4.36 Å². The second kappa shape index (κ2) is 10.4. The number of nitrogens with zero attached hydrogens (tertiary/aromatic N) is 4. The van der Waals surface area contributed by atoms with Gasteiger partial charge in [-0.3, -0.25) is 10.7 Å². The lowest BCUT2D eigenvalue weighted by molar-refractivity contribution is 0.126. The molecule has 0 radical (unpaired) electrons. The van der Waals surface area contributed by atoms with Crippen molar-refractivity contribution in [2.24, 2.45) is 9.36 Å². The molecule has 30 heavy (non-hydrogen) atoms. The van der Waals surface area contributed by atoms with Gasteiger partial charge in [-0.25, -0.2) is 23.0 Å². The lowest BCUT2D eigenvalue weighted by atomic mass is 10.3. The molecule has 0 aliphatic carbocycles. The zero-order valence-electron chi connectivity index (χ0n) is 16.3. The number of carbonyl (C=O) groups is 1. The Labute approximate surface area is 180 Å². The quantitative estimate of drug-likeness (QED) is 0.292. The summed E-state index contributed by atoms with van der Waals surface area (Å²) in [5, 5.41) is 19.6. The van der Waals surface area contributed by atoms with Crippen molar-refractivity contribution in [1.82, 2.24) is 15.8 Å². The summed E-state index contributed by atoms with van der Waals surface area (Å²) in [6.45, 7) is 3.41. The van der Waals surface area contributed by atoms with E-state index in [4.69, 9.17) is 4.74 Å². The number of hydrogen-bond donors (Lipinski definition) is 3. The SMILES string of the molecule is CC(C)OC(=O)N=S(C)(=O)CCNc1nonc1C(=Nc1ccc(F)c(Br)c1)NO. The molecule has 1 aromatic heterocycles. The van der Waals surface area contributed by atoms with Crippen molar-refractivity contribution in [2.45, 2.75) is 20.0 Å². The van der Waals surface area contributed by atoms with Crippen LogP contribution in [-0.4, -0.2) is 56.3 Å². The number of nitrogens with one attached hydrogen (secondary N) is 2. The Bertz CT molecular complexity index is 1050. The van der Waals surface area contributed by atoms with Crippen LogP contribution in [0.25, 0.3) is 0 Å². The molecular weight excluding hydrogens is 487 g/mol. The smallest absolute Gasteiger partial charge is 0.442 e. The number of aliphatic imine (C=N–C) groups is 1. The first-order valence-corrected chi connectivity index (χ1v) is 11.4. The third-order valence-corrected chi connectivity index (χ3v) is 5.44. The number of benzene rings is 1. The maximum atomic E-state index is 13.4. The van der Waals surface area contributed by atoms with Gasteiger partial charge >= 0.3 is 6.09 Å². The van der Waals surface area contributed by atoms with Gasteiger partial charge in [0.15, 0.2) is 11.5 Å². The minimum Gasteiger partial charge on any atom is -0.445 e. The van der Waals surface area contributed by atoms with E-state index in [-0.39, 0.29) is 40.2 Å². The van der Waals surface area contributed by atoms with E-state index in [1.54, 1.807) is 13.8 Å². The number of amidine groups is 1. The summed E-state index contributed by atoms with van der Waals surface area (Å²) in [6, 6.07) is 3.99. The van der Waals surface area contributed by atoms with Crippen molar-refractivity contribution in [3.63, 3.8) is 0 Å². The number of anilines is 1. The van der Waals surface area contributed by atoms with Crippen LogP contribution in [0.5, 0.6) is 0 Å². The summed E-state index contributed by atoms with van der Waals surface area (Å²) in [6.07, 6.45) is 0.0571. The Kier molecular flexibility index (Phi) is 8.25. The van der Waals surface area contributed by atoms with Crippen LogP contribution in [0.1, 0.15) is 19.5 Å². The predicted octanol–water partition coefficient (Wildman–Crippen LogP) is 3.08. The van der Waals surface area contributed by atoms with E-state index < -0.39 is 21.6 Å². The molecule has 164 valence electrons. The molecule has 2 aromatic rings. The van der Waals surface area contributed by atoms with Crippen LogP contribution in [0, 0.1) is 5.82 Å². The van der Waals surface area contributed by atoms with E-state index in [9.17, 15) is 18.6 Å². The van der Waals surface area contributed by atoms with Crippen LogP contribution in [0.3, 0.4) is 0 Å². The Balaban J connectivity index is 2.11. The number of aromatic nitrogens is 2. The number of amides is 1. The maximum Gasteiger partial charge on any atom is 0.442 e. The molecule has 11 nitrogen and oxygen atoms in total. The predicted molar refractivity (Wildman–Crippen MR) is 111 cm³/mol. The number of ether oxygens (including phenoxy) is 1. The fourth-order valence-electron chi connectivity index (χ4n) is 2.06. The highest BCUT2D eigenvalue weighted by Gasteiger charge is 2.17. The summed E-state index contributed by atoms with van der Waals surface area (Å²) in [5.41, 5.74) is 2.22. The monoisotopic (exact) mass is 506 g/mol. The topological polar surface area (TPSA) is 151 Å². The highest BCUT2D eigenvalue weighted by molar-refractivity contribution is 9.10. The van der Waals surface area contributed by atoms with Gasteiger partial charge in [-0.2, -0.15) is 0 Å². The Morgan fingerprint density at radius 2 is 2.17 bits per heavy atom. The highest BCUT2D eigenvalue weighted by Crippen LogP contribution is 2.23. The van der Waals surface area contributed by atoms with Crippen LogP contribution in [0.15, 0.2) is 36.7 Å². The van der Waals surface area contributed by atoms with E-state index in [0.717, 1.165) is 0 Å². The van der Waals surface area contributed by atoms with Crippen molar-refractivity contribution in [3.05, 3.63) is 34.2 Å². The molecule has 1 amide bonds.